The molecule has 1 fully saturated rings. The van der Waals surface area contributed by atoms with E-state index in [0.717, 1.165) is 36.3 Å². The van der Waals surface area contributed by atoms with Crippen molar-refractivity contribution in [1.82, 2.24) is 5.32 Å². The smallest absolute Gasteiger partial charge is 0.127 e. The molecule has 0 bridgehead atoms. The van der Waals surface area contributed by atoms with Crippen LogP contribution in [0, 0.1) is 5.41 Å². The van der Waals surface area contributed by atoms with Gasteiger partial charge in [-0.05, 0) is 36.0 Å². The maximum Gasteiger partial charge on any atom is 0.127 e. The zero-order valence-corrected chi connectivity index (χ0v) is 11.8. The molecule has 3 heteroatoms. The van der Waals surface area contributed by atoms with E-state index in [-0.39, 0.29) is 0 Å². The van der Waals surface area contributed by atoms with E-state index >= 15 is 0 Å². The topological polar surface area (TPSA) is 21.3 Å². The highest BCUT2D eigenvalue weighted by molar-refractivity contribution is 9.10. The van der Waals surface area contributed by atoms with Crippen LogP contribution < -0.4 is 10.1 Å². The Labute approximate surface area is 111 Å². The van der Waals surface area contributed by atoms with Crippen molar-refractivity contribution in [1.29, 1.82) is 0 Å². The van der Waals surface area contributed by atoms with Crippen LogP contribution >= 0.6 is 15.9 Å². The summed E-state index contributed by atoms with van der Waals surface area (Å²) in [5, 5.41) is 3.56. The average molecular weight is 296 g/mol. The number of benzene rings is 1. The van der Waals surface area contributed by atoms with Gasteiger partial charge in [0.05, 0.1) is 6.61 Å². The second kappa shape index (κ2) is 4.29. The molecule has 1 aromatic carbocycles. The van der Waals surface area contributed by atoms with Gasteiger partial charge in [-0.2, -0.15) is 0 Å². The molecule has 0 spiro atoms. The molecule has 0 radical (unpaired) electrons. The first-order valence-electron chi connectivity index (χ1n) is 6.31. The lowest BCUT2D eigenvalue weighted by molar-refractivity contribution is 0.351. The molecule has 92 valence electrons. The number of halogens is 1. The van der Waals surface area contributed by atoms with E-state index in [1.165, 1.54) is 24.0 Å². The zero-order chi connectivity index (χ0) is 11.9. The van der Waals surface area contributed by atoms with Crippen LogP contribution in [0.3, 0.4) is 0 Å². The minimum absolute atomic E-state index is 0.566. The Morgan fingerprint density at radius 2 is 2.24 bits per heavy atom. The first-order valence-corrected chi connectivity index (χ1v) is 7.10. The van der Waals surface area contributed by atoms with E-state index in [1.54, 1.807) is 0 Å². The molecule has 1 heterocycles. The summed E-state index contributed by atoms with van der Waals surface area (Å²) < 4.78 is 6.89. The van der Waals surface area contributed by atoms with Crippen molar-refractivity contribution in [3.8, 4) is 5.75 Å². The van der Waals surface area contributed by atoms with Crippen molar-refractivity contribution in [3.63, 3.8) is 0 Å². The molecule has 1 aliphatic carbocycles. The Kier molecular flexibility index (Phi) is 2.91. The normalized spacial score (nSPS) is 19.9. The predicted octanol–water partition coefficient (Wildman–Crippen LogP) is 3.27. The van der Waals surface area contributed by atoms with E-state index in [4.69, 9.17) is 4.74 Å². The van der Waals surface area contributed by atoms with Crippen LogP contribution in [0.4, 0.5) is 0 Å². The maximum atomic E-state index is 5.72. The van der Waals surface area contributed by atoms with Crippen molar-refractivity contribution in [2.24, 2.45) is 5.41 Å². The quantitative estimate of drug-likeness (QED) is 0.920. The van der Waals surface area contributed by atoms with Gasteiger partial charge in [0.2, 0.25) is 0 Å². The summed E-state index contributed by atoms with van der Waals surface area (Å²) >= 11 is 3.58. The monoisotopic (exact) mass is 295 g/mol. The second-order valence-corrected chi connectivity index (χ2v) is 6.48. The number of hydrogen-bond donors (Lipinski definition) is 1. The minimum Gasteiger partial charge on any atom is -0.493 e. The van der Waals surface area contributed by atoms with Crippen molar-refractivity contribution < 1.29 is 4.74 Å². The van der Waals surface area contributed by atoms with Gasteiger partial charge < -0.3 is 10.1 Å². The van der Waals surface area contributed by atoms with Crippen molar-refractivity contribution >= 4 is 15.9 Å². The molecule has 2 nitrogen and oxygen atoms in total. The van der Waals surface area contributed by atoms with Gasteiger partial charge in [0.25, 0.3) is 0 Å². The summed E-state index contributed by atoms with van der Waals surface area (Å²) in [6.45, 7) is 5.21. The molecule has 1 aliphatic heterocycles. The van der Waals surface area contributed by atoms with Crippen LogP contribution in [0.15, 0.2) is 16.6 Å². The van der Waals surface area contributed by atoms with Gasteiger partial charge in [0.1, 0.15) is 5.75 Å². The lowest BCUT2D eigenvalue weighted by atomic mass is 10.1. The third-order valence-electron chi connectivity index (χ3n) is 3.80. The van der Waals surface area contributed by atoms with Gasteiger partial charge in [-0.1, -0.05) is 22.9 Å². The second-order valence-electron chi connectivity index (χ2n) is 5.57. The Hall–Kier alpha value is -0.540. The SMILES string of the molecule is CC1(CNCc2cc(Br)cc3c2OCC3)CC1. The molecule has 1 saturated carbocycles. The molecule has 0 amide bonds. The predicted molar refractivity (Wildman–Crippen MR) is 72.4 cm³/mol. The third kappa shape index (κ3) is 2.50. The molecule has 0 unspecified atom stereocenters. The Balaban J connectivity index is 1.69. The number of ether oxygens (including phenoxy) is 1. The van der Waals surface area contributed by atoms with Crippen LogP contribution in [0.2, 0.25) is 0 Å². The van der Waals surface area contributed by atoms with Gasteiger partial charge in [0.15, 0.2) is 0 Å². The van der Waals surface area contributed by atoms with Crippen LogP contribution in [0.1, 0.15) is 30.9 Å². The summed E-state index contributed by atoms with van der Waals surface area (Å²) in [6, 6.07) is 4.35. The minimum atomic E-state index is 0.566. The van der Waals surface area contributed by atoms with E-state index in [9.17, 15) is 0 Å². The molecular formula is C14H18BrNO. The fraction of sp³-hybridized carbons (Fsp3) is 0.571. The maximum absolute atomic E-state index is 5.72. The van der Waals surface area contributed by atoms with E-state index in [0.29, 0.717) is 5.41 Å². The van der Waals surface area contributed by atoms with Gasteiger partial charge in [-0.3, -0.25) is 0 Å². The molecule has 3 rings (SSSR count). The standard InChI is InChI=1S/C14H18BrNO/c1-14(3-4-14)9-16-8-11-7-12(15)6-10-2-5-17-13(10)11/h6-7,16H,2-5,8-9H2,1H3. The van der Waals surface area contributed by atoms with E-state index in [2.05, 4.69) is 40.3 Å². The van der Waals surface area contributed by atoms with Gasteiger partial charge in [0, 0.05) is 29.5 Å². The number of fused-ring (bicyclic) bond motifs is 1. The fourth-order valence-corrected chi connectivity index (χ4v) is 2.92. The van der Waals surface area contributed by atoms with Crippen molar-refractivity contribution in [2.75, 3.05) is 13.2 Å². The molecule has 2 aliphatic rings. The van der Waals surface area contributed by atoms with Crippen LogP contribution in [0.5, 0.6) is 5.75 Å². The molecule has 0 saturated heterocycles. The summed E-state index contributed by atoms with van der Waals surface area (Å²) in [5.74, 6) is 1.11. The molecule has 1 aromatic rings. The highest BCUT2D eigenvalue weighted by Gasteiger charge is 2.36. The van der Waals surface area contributed by atoms with E-state index in [1.807, 2.05) is 0 Å². The molecule has 1 N–H and O–H groups in total. The average Bonchev–Trinajstić information content (AvgIpc) is 2.84. The van der Waals surface area contributed by atoms with Gasteiger partial charge >= 0.3 is 0 Å². The van der Waals surface area contributed by atoms with Crippen LogP contribution in [-0.4, -0.2) is 13.2 Å². The lowest BCUT2D eigenvalue weighted by Crippen LogP contribution is -2.21. The summed E-state index contributed by atoms with van der Waals surface area (Å²) in [4.78, 5) is 0. The van der Waals surface area contributed by atoms with E-state index < -0.39 is 0 Å². The summed E-state index contributed by atoms with van der Waals surface area (Å²) in [7, 11) is 0. The molecule has 17 heavy (non-hydrogen) atoms. The summed E-state index contributed by atoms with van der Waals surface area (Å²) in [5.41, 5.74) is 3.20. The molecular weight excluding hydrogens is 278 g/mol. The fourth-order valence-electron chi connectivity index (χ4n) is 2.37. The number of rotatable bonds is 4. The number of hydrogen-bond acceptors (Lipinski definition) is 2. The highest BCUT2D eigenvalue weighted by atomic mass is 79.9. The zero-order valence-electron chi connectivity index (χ0n) is 10.2. The molecule has 0 atom stereocenters. The lowest BCUT2D eigenvalue weighted by Gasteiger charge is -2.13. The third-order valence-corrected chi connectivity index (χ3v) is 4.25. The van der Waals surface area contributed by atoms with Gasteiger partial charge in [-0.15, -0.1) is 0 Å². The van der Waals surface area contributed by atoms with Crippen molar-refractivity contribution in [3.05, 3.63) is 27.7 Å². The molecule has 0 aromatic heterocycles. The van der Waals surface area contributed by atoms with Gasteiger partial charge in [-0.25, -0.2) is 0 Å². The van der Waals surface area contributed by atoms with Crippen molar-refractivity contribution in [2.45, 2.75) is 32.7 Å². The van der Waals surface area contributed by atoms with Crippen LogP contribution in [0.25, 0.3) is 0 Å². The highest BCUT2D eigenvalue weighted by Crippen LogP contribution is 2.44. The number of nitrogens with one attached hydrogen (secondary N) is 1. The first-order chi connectivity index (χ1) is 8.16. The largest absolute Gasteiger partial charge is 0.493 e. The Bertz CT molecular complexity index is 440. The first kappa shape index (κ1) is 11.5. The Morgan fingerprint density at radius 1 is 1.41 bits per heavy atom. The van der Waals surface area contributed by atoms with Crippen LogP contribution in [-0.2, 0) is 13.0 Å². The Morgan fingerprint density at radius 3 is 3.00 bits per heavy atom. The summed E-state index contributed by atoms with van der Waals surface area (Å²) in [6.07, 6.45) is 3.78.